The van der Waals surface area contributed by atoms with Crippen LogP contribution in [0.1, 0.15) is 12.0 Å². The number of carbonyl (C=O) groups is 1. The Kier molecular flexibility index (Phi) is 5.36. The number of rotatable bonds is 5. The molecule has 21 heavy (non-hydrogen) atoms. The number of carbonyl (C=O) groups excluding carboxylic acids is 1. The maximum absolute atomic E-state index is 11.9. The number of benzene rings is 2. The van der Waals surface area contributed by atoms with Gasteiger partial charge in [0.1, 0.15) is 6.23 Å². The van der Waals surface area contributed by atoms with Gasteiger partial charge in [0.15, 0.2) is 0 Å². The van der Waals surface area contributed by atoms with Crippen molar-refractivity contribution in [2.24, 2.45) is 0 Å². The number of aliphatic hydroxyl groups excluding tert-OH is 1. The van der Waals surface area contributed by atoms with Crippen LogP contribution >= 0.6 is 15.9 Å². The molecule has 2 rings (SSSR count). The molecule has 0 heterocycles. The van der Waals surface area contributed by atoms with Crippen LogP contribution in [-0.2, 0) is 4.79 Å². The Morgan fingerprint density at radius 1 is 1.19 bits per heavy atom. The van der Waals surface area contributed by atoms with Crippen LogP contribution in [0.25, 0.3) is 0 Å². The molecule has 1 unspecified atom stereocenters. The summed E-state index contributed by atoms with van der Waals surface area (Å²) in [5, 5.41) is 15.5. The number of hydrogen-bond donors (Lipinski definition) is 3. The molecule has 0 fully saturated rings. The summed E-state index contributed by atoms with van der Waals surface area (Å²) >= 11 is 3.34. The van der Waals surface area contributed by atoms with Gasteiger partial charge in [0.2, 0.25) is 5.91 Å². The second-order valence-electron chi connectivity index (χ2n) is 4.79. The predicted octanol–water partition coefficient (Wildman–Crippen LogP) is 3.52. The van der Waals surface area contributed by atoms with E-state index in [0.717, 1.165) is 15.7 Å². The fourth-order valence-corrected chi connectivity index (χ4v) is 2.25. The first kappa shape index (κ1) is 15.5. The molecule has 0 bridgehead atoms. The Balaban J connectivity index is 1.86. The van der Waals surface area contributed by atoms with Gasteiger partial charge in [-0.05, 0) is 37.3 Å². The summed E-state index contributed by atoms with van der Waals surface area (Å²) < 4.78 is 0.888. The Labute approximate surface area is 132 Å². The van der Waals surface area contributed by atoms with Crippen LogP contribution in [0.4, 0.5) is 11.4 Å². The van der Waals surface area contributed by atoms with E-state index in [-0.39, 0.29) is 12.3 Å². The third kappa shape index (κ3) is 5.21. The highest BCUT2D eigenvalue weighted by atomic mass is 79.9. The topological polar surface area (TPSA) is 61.4 Å². The summed E-state index contributed by atoms with van der Waals surface area (Å²) in [7, 11) is 0. The van der Waals surface area contributed by atoms with E-state index in [1.807, 2.05) is 43.3 Å². The highest BCUT2D eigenvalue weighted by Gasteiger charge is 2.11. The molecular formula is C16H17BrN2O2. The number of aliphatic hydroxyl groups is 1. The molecule has 2 aromatic rings. The van der Waals surface area contributed by atoms with Gasteiger partial charge in [0.25, 0.3) is 0 Å². The van der Waals surface area contributed by atoms with E-state index in [0.29, 0.717) is 5.69 Å². The van der Waals surface area contributed by atoms with Crippen LogP contribution in [0.15, 0.2) is 53.0 Å². The molecule has 4 nitrogen and oxygen atoms in total. The van der Waals surface area contributed by atoms with Gasteiger partial charge in [0.05, 0.1) is 6.42 Å². The molecule has 0 aliphatic carbocycles. The van der Waals surface area contributed by atoms with Gasteiger partial charge in [-0.15, -0.1) is 0 Å². The minimum Gasteiger partial charge on any atom is -0.373 e. The Morgan fingerprint density at radius 2 is 1.90 bits per heavy atom. The van der Waals surface area contributed by atoms with Crippen LogP contribution in [-0.4, -0.2) is 17.2 Å². The fourth-order valence-electron chi connectivity index (χ4n) is 1.85. The monoisotopic (exact) mass is 348 g/mol. The first-order valence-electron chi connectivity index (χ1n) is 6.59. The first-order chi connectivity index (χ1) is 10.0. The maximum atomic E-state index is 11.9. The van der Waals surface area contributed by atoms with Crippen LogP contribution in [0, 0.1) is 6.92 Å². The molecule has 2 aromatic carbocycles. The number of aryl methyl sites for hydroxylation is 1. The lowest BCUT2D eigenvalue weighted by Gasteiger charge is -2.14. The minimum absolute atomic E-state index is 0.0274. The third-order valence-electron chi connectivity index (χ3n) is 2.87. The lowest BCUT2D eigenvalue weighted by Crippen LogP contribution is -2.26. The summed E-state index contributed by atoms with van der Waals surface area (Å²) in [6.45, 7) is 1.99. The van der Waals surface area contributed by atoms with Crippen molar-refractivity contribution < 1.29 is 9.90 Å². The summed E-state index contributed by atoms with van der Waals surface area (Å²) in [4.78, 5) is 11.9. The molecule has 0 saturated carbocycles. The average Bonchev–Trinajstić information content (AvgIpc) is 2.41. The van der Waals surface area contributed by atoms with E-state index in [1.54, 1.807) is 12.1 Å². The number of nitrogens with one attached hydrogen (secondary N) is 2. The number of halogens is 1. The Bertz CT molecular complexity index is 614. The molecule has 0 radical (unpaired) electrons. The van der Waals surface area contributed by atoms with E-state index >= 15 is 0 Å². The molecule has 0 spiro atoms. The van der Waals surface area contributed by atoms with Crippen molar-refractivity contribution in [2.45, 2.75) is 19.6 Å². The standard InChI is InChI=1S/C16H17BrN2O2/c1-11-5-7-13(8-6-11)18-15(20)10-16(21)19-14-4-2-3-12(17)9-14/h2-9,15,18,20H,10H2,1H3,(H,19,21). The largest absolute Gasteiger partial charge is 0.373 e. The maximum Gasteiger partial charge on any atom is 0.228 e. The fraction of sp³-hybridized carbons (Fsp3) is 0.188. The van der Waals surface area contributed by atoms with Gasteiger partial charge in [-0.25, -0.2) is 0 Å². The van der Waals surface area contributed by atoms with Crippen molar-refractivity contribution in [1.29, 1.82) is 0 Å². The Hall–Kier alpha value is -1.85. The molecule has 0 aliphatic rings. The molecule has 0 saturated heterocycles. The van der Waals surface area contributed by atoms with Crippen molar-refractivity contribution in [1.82, 2.24) is 0 Å². The zero-order chi connectivity index (χ0) is 15.2. The van der Waals surface area contributed by atoms with Crippen LogP contribution in [0.5, 0.6) is 0 Å². The van der Waals surface area contributed by atoms with E-state index < -0.39 is 6.23 Å². The molecule has 3 N–H and O–H groups in total. The predicted molar refractivity (Wildman–Crippen MR) is 88.2 cm³/mol. The second kappa shape index (κ2) is 7.24. The van der Waals surface area contributed by atoms with E-state index in [2.05, 4.69) is 26.6 Å². The summed E-state index contributed by atoms with van der Waals surface area (Å²) in [6, 6.07) is 14.9. The van der Waals surface area contributed by atoms with Crippen molar-refractivity contribution in [3.63, 3.8) is 0 Å². The second-order valence-corrected chi connectivity index (χ2v) is 5.70. The average molecular weight is 349 g/mol. The van der Waals surface area contributed by atoms with E-state index in [1.165, 1.54) is 0 Å². The van der Waals surface area contributed by atoms with Gasteiger partial charge in [-0.1, -0.05) is 39.7 Å². The van der Waals surface area contributed by atoms with Crippen LogP contribution in [0.2, 0.25) is 0 Å². The molecule has 0 aliphatic heterocycles. The highest BCUT2D eigenvalue weighted by Crippen LogP contribution is 2.16. The smallest absolute Gasteiger partial charge is 0.228 e. The SMILES string of the molecule is Cc1ccc(NC(O)CC(=O)Nc2cccc(Br)c2)cc1. The van der Waals surface area contributed by atoms with Gasteiger partial charge in [-0.3, -0.25) is 4.79 Å². The summed E-state index contributed by atoms with van der Waals surface area (Å²) in [5.74, 6) is -0.250. The van der Waals surface area contributed by atoms with E-state index in [4.69, 9.17) is 0 Å². The van der Waals surface area contributed by atoms with Gasteiger partial charge in [0, 0.05) is 15.8 Å². The number of hydrogen-bond acceptors (Lipinski definition) is 3. The third-order valence-corrected chi connectivity index (χ3v) is 3.37. The van der Waals surface area contributed by atoms with Crippen molar-refractivity contribution in [3.05, 3.63) is 58.6 Å². The van der Waals surface area contributed by atoms with Crippen LogP contribution in [0.3, 0.4) is 0 Å². The minimum atomic E-state index is -0.931. The normalized spacial score (nSPS) is 11.8. The van der Waals surface area contributed by atoms with Gasteiger partial charge < -0.3 is 15.7 Å². The van der Waals surface area contributed by atoms with E-state index in [9.17, 15) is 9.90 Å². The van der Waals surface area contributed by atoms with Gasteiger partial charge in [-0.2, -0.15) is 0 Å². The zero-order valence-corrected chi connectivity index (χ0v) is 13.2. The van der Waals surface area contributed by atoms with Gasteiger partial charge >= 0.3 is 0 Å². The molecule has 110 valence electrons. The molecule has 0 aromatic heterocycles. The molecule has 5 heteroatoms. The zero-order valence-electron chi connectivity index (χ0n) is 11.6. The van der Waals surface area contributed by atoms with Crippen LogP contribution < -0.4 is 10.6 Å². The van der Waals surface area contributed by atoms with Crippen molar-refractivity contribution >= 4 is 33.2 Å². The number of anilines is 2. The first-order valence-corrected chi connectivity index (χ1v) is 7.39. The lowest BCUT2D eigenvalue weighted by atomic mass is 10.2. The van der Waals surface area contributed by atoms with Crippen molar-refractivity contribution in [2.75, 3.05) is 10.6 Å². The van der Waals surface area contributed by atoms with Crippen molar-refractivity contribution in [3.8, 4) is 0 Å². The lowest BCUT2D eigenvalue weighted by molar-refractivity contribution is -0.117. The Morgan fingerprint density at radius 3 is 2.57 bits per heavy atom. The molecular weight excluding hydrogens is 332 g/mol. The molecule has 1 amide bonds. The number of amides is 1. The summed E-state index contributed by atoms with van der Waals surface area (Å²) in [6.07, 6.45) is -0.958. The molecule has 1 atom stereocenters. The summed E-state index contributed by atoms with van der Waals surface area (Å²) in [5.41, 5.74) is 2.61. The highest BCUT2D eigenvalue weighted by molar-refractivity contribution is 9.10. The quantitative estimate of drug-likeness (QED) is 0.724.